The van der Waals surface area contributed by atoms with E-state index >= 15 is 0 Å². The maximum atomic E-state index is 11.3. The summed E-state index contributed by atoms with van der Waals surface area (Å²) in [5.74, 6) is 2.02. The number of rotatable bonds is 4. The van der Waals surface area contributed by atoms with Gasteiger partial charge in [0.2, 0.25) is 5.56 Å². The Morgan fingerprint density at radius 2 is 1.87 bits per heavy atom. The van der Waals surface area contributed by atoms with Crippen molar-refractivity contribution >= 4 is 0 Å². The van der Waals surface area contributed by atoms with Crippen LogP contribution in [-0.2, 0) is 6.42 Å². The van der Waals surface area contributed by atoms with Gasteiger partial charge in [-0.25, -0.2) is 9.67 Å². The first-order valence-corrected chi connectivity index (χ1v) is 7.75. The molecule has 5 nitrogen and oxygen atoms in total. The van der Waals surface area contributed by atoms with Crippen LogP contribution in [0.25, 0.3) is 17.1 Å². The highest BCUT2D eigenvalue weighted by molar-refractivity contribution is 5.56. The van der Waals surface area contributed by atoms with Crippen LogP contribution in [0.3, 0.4) is 0 Å². The average Bonchev–Trinajstić information content (AvgIpc) is 2.91. The van der Waals surface area contributed by atoms with Gasteiger partial charge in [-0.15, -0.1) is 0 Å². The molecule has 0 aliphatic carbocycles. The van der Waals surface area contributed by atoms with E-state index in [1.54, 1.807) is 12.3 Å². The van der Waals surface area contributed by atoms with E-state index in [2.05, 4.69) is 48.0 Å². The molecule has 3 aromatic rings. The van der Waals surface area contributed by atoms with Gasteiger partial charge in [0, 0.05) is 24.2 Å². The molecule has 0 bridgehead atoms. The average molecular weight is 308 g/mol. The van der Waals surface area contributed by atoms with Crippen molar-refractivity contribution in [1.29, 1.82) is 0 Å². The van der Waals surface area contributed by atoms with Crippen LogP contribution in [0.2, 0.25) is 0 Å². The zero-order chi connectivity index (χ0) is 16.4. The first kappa shape index (κ1) is 15.2. The van der Waals surface area contributed by atoms with E-state index in [1.165, 1.54) is 11.6 Å². The van der Waals surface area contributed by atoms with Crippen LogP contribution in [0.4, 0.5) is 0 Å². The van der Waals surface area contributed by atoms with E-state index in [0.29, 0.717) is 5.92 Å². The van der Waals surface area contributed by atoms with Crippen molar-refractivity contribution < 1.29 is 0 Å². The summed E-state index contributed by atoms with van der Waals surface area (Å²) >= 11 is 0. The Morgan fingerprint density at radius 1 is 1.13 bits per heavy atom. The second-order valence-electron chi connectivity index (χ2n) is 6.14. The Morgan fingerprint density at radius 3 is 2.48 bits per heavy atom. The van der Waals surface area contributed by atoms with Gasteiger partial charge in [-0.05, 0) is 31.0 Å². The molecule has 0 radical (unpaired) electrons. The van der Waals surface area contributed by atoms with Crippen LogP contribution >= 0.6 is 0 Å². The highest BCUT2D eigenvalue weighted by atomic mass is 16.1. The lowest BCUT2D eigenvalue weighted by molar-refractivity contribution is 0.618. The Bertz CT molecular complexity index is 839. The zero-order valence-electron chi connectivity index (χ0n) is 13.6. The van der Waals surface area contributed by atoms with Gasteiger partial charge in [0.05, 0.1) is 5.69 Å². The number of H-pyrrole nitrogens is 1. The lowest BCUT2D eigenvalue weighted by Crippen LogP contribution is -2.04. The topological polar surface area (TPSA) is 63.6 Å². The third-order valence-corrected chi connectivity index (χ3v) is 3.56. The molecule has 5 heteroatoms. The molecule has 2 aromatic heterocycles. The standard InChI is InChI=1S/C18H20N4O/c1-12(2)10-16-20-18(14-6-9-17(23)19-11-14)22(21-16)15-7-4-13(3)5-8-15/h4-9,11-12H,10H2,1-3H3,(H,19,23). The van der Waals surface area contributed by atoms with E-state index in [4.69, 9.17) is 0 Å². The molecule has 0 aliphatic heterocycles. The Labute approximate surface area is 135 Å². The third-order valence-electron chi connectivity index (χ3n) is 3.56. The maximum absolute atomic E-state index is 11.3. The van der Waals surface area contributed by atoms with E-state index in [1.807, 2.05) is 16.8 Å². The number of benzene rings is 1. The van der Waals surface area contributed by atoms with Gasteiger partial charge in [0.15, 0.2) is 11.6 Å². The minimum atomic E-state index is -0.127. The molecule has 0 aliphatic rings. The molecular formula is C18H20N4O. The Kier molecular flexibility index (Phi) is 4.10. The van der Waals surface area contributed by atoms with Gasteiger partial charge in [-0.3, -0.25) is 4.79 Å². The Hall–Kier alpha value is -2.69. The highest BCUT2D eigenvalue weighted by Gasteiger charge is 2.14. The van der Waals surface area contributed by atoms with Crippen LogP contribution in [0.1, 0.15) is 25.2 Å². The summed E-state index contributed by atoms with van der Waals surface area (Å²) in [7, 11) is 0. The van der Waals surface area contributed by atoms with Crippen molar-refractivity contribution in [2.75, 3.05) is 0 Å². The van der Waals surface area contributed by atoms with E-state index in [0.717, 1.165) is 29.3 Å². The molecule has 0 atom stereocenters. The van der Waals surface area contributed by atoms with Crippen molar-refractivity contribution in [1.82, 2.24) is 19.7 Å². The molecule has 2 heterocycles. The first-order chi connectivity index (χ1) is 11.0. The molecule has 0 unspecified atom stereocenters. The smallest absolute Gasteiger partial charge is 0.247 e. The lowest BCUT2D eigenvalue weighted by atomic mass is 10.1. The summed E-state index contributed by atoms with van der Waals surface area (Å²) < 4.78 is 1.84. The second kappa shape index (κ2) is 6.20. The highest BCUT2D eigenvalue weighted by Crippen LogP contribution is 2.21. The van der Waals surface area contributed by atoms with E-state index in [-0.39, 0.29) is 5.56 Å². The van der Waals surface area contributed by atoms with Gasteiger partial charge in [0.25, 0.3) is 0 Å². The van der Waals surface area contributed by atoms with Crippen LogP contribution in [0.5, 0.6) is 0 Å². The summed E-state index contributed by atoms with van der Waals surface area (Å²) in [6.07, 6.45) is 2.49. The molecule has 3 rings (SSSR count). The number of nitrogens with zero attached hydrogens (tertiary/aromatic N) is 3. The summed E-state index contributed by atoms with van der Waals surface area (Å²) in [4.78, 5) is 18.7. The molecular weight excluding hydrogens is 288 g/mol. The number of nitrogens with one attached hydrogen (secondary N) is 1. The fourth-order valence-corrected chi connectivity index (χ4v) is 2.41. The van der Waals surface area contributed by atoms with Crippen molar-refractivity contribution in [2.24, 2.45) is 5.92 Å². The fraction of sp³-hybridized carbons (Fsp3) is 0.278. The number of aromatic nitrogens is 4. The minimum Gasteiger partial charge on any atom is -0.328 e. The van der Waals surface area contributed by atoms with E-state index < -0.39 is 0 Å². The van der Waals surface area contributed by atoms with Crippen LogP contribution in [0, 0.1) is 12.8 Å². The predicted molar refractivity (Wildman–Crippen MR) is 90.7 cm³/mol. The number of hydrogen-bond acceptors (Lipinski definition) is 3. The third kappa shape index (κ3) is 3.39. The second-order valence-corrected chi connectivity index (χ2v) is 6.14. The molecule has 0 amide bonds. The normalized spacial score (nSPS) is 11.1. The number of aryl methyl sites for hydroxylation is 1. The zero-order valence-corrected chi connectivity index (χ0v) is 13.6. The SMILES string of the molecule is Cc1ccc(-n2nc(CC(C)C)nc2-c2ccc(=O)[nH]c2)cc1. The summed E-state index contributed by atoms with van der Waals surface area (Å²) in [6, 6.07) is 11.4. The van der Waals surface area contributed by atoms with Crippen molar-refractivity contribution in [3.05, 3.63) is 64.3 Å². The summed E-state index contributed by atoms with van der Waals surface area (Å²) in [5, 5.41) is 4.66. The summed E-state index contributed by atoms with van der Waals surface area (Å²) in [5.41, 5.74) is 2.87. The molecule has 1 N–H and O–H groups in total. The minimum absolute atomic E-state index is 0.127. The van der Waals surface area contributed by atoms with Gasteiger partial charge < -0.3 is 4.98 Å². The van der Waals surface area contributed by atoms with Crippen LogP contribution < -0.4 is 5.56 Å². The maximum Gasteiger partial charge on any atom is 0.247 e. The largest absolute Gasteiger partial charge is 0.328 e. The van der Waals surface area contributed by atoms with Crippen molar-refractivity contribution in [2.45, 2.75) is 27.2 Å². The number of hydrogen-bond donors (Lipinski definition) is 1. The van der Waals surface area contributed by atoms with E-state index in [9.17, 15) is 4.79 Å². The first-order valence-electron chi connectivity index (χ1n) is 7.75. The molecule has 0 fully saturated rings. The van der Waals surface area contributed by atoms with Crippen LogP contribution in [0.15, 0.2) is 47.4 Å². The van der Waals surface area contributed by atoms with Gasteiger partial charge in [-0.2, -0.15) is 5.10 Å². The lowest BCUT2D eigenvalue weighted by Gasteiger charge is -2.06. The predicted octanol–water partition coefficient (Wildman–Crippen LogP) is 3.13. The monoisotopic (exact) mass is 308 g/mol. The number of aromatic amines is 1. The van der Waals surface area contributed by atoms with Gasteiger partial charge >= 0.3 is 0 Å². The molecule has 0 saturated heterocycles. The quantitative estimate of drug-likeness (QED) is 0.805. The summed E-state index contributed by atoms with van der Waals surface area (Å²) in [6.45, 7) is 6.34. The van der Waals surface area contributed by atoms with Crippen molar-refractivity contribution in [3.8, 4) is 17.1 Å². The molecule has 0 saturated carbocycles. The van der Waals surface area contributed by atoms with Crippen LogP contribution in [-0.4, -0.2) is 19.7 Å². The fourth-order valence-electron chi connectivity index (χ4n) is 2.41. The molecule has 118 valence electrons. The molecule has 23 heavy (non-hydrogen) atoms. The van der Waals surface area contributed by atoms with Gasteiger partial charge in [-0.1, -0.05) is 31.5 Å². The van der Waals surface area contributed by atoms with Crippen molar-refractivity contribution in [3.63, 3.8) is 0 Å². The molecule has 1 aromatic carbocycles. The molecule has 0 spiro atoms. The van der Waals surface area contributed by atoms with Gasteiger partial charge in [0.1, 0.15) is 0 Å². The number of pyridine rings is 1. The Balaban J connectivity index is 2.12.